The fourth-order valence-electron chi connectivity index (χ4n) is 2.09. The molecule has 1 atom stereocenters. The molecule has 0 aliphatic rings. The second-order valence-electron chi connectivity index (χ2n) is 5.98. The van der Waals surface area contributed by atoms with Gasteiger partial charge in [-0.2, -0.15) is 0 Å². The van der Waals surface area contributed by atoms with E-state index >= 15 is 0 Å². The lowest BCUT2D eigenvalue weighted by atomic mass is 10.1. The van der Waals surface area contributed by atoms with Gasteiger partial charge in [0, 0.05) is 30.9 Å². The Balaban J connectivity index is 2.43. The van der Waals surface area contributed by atoms with Gasteiger partial charge in [-0.1, -0.05) is 19.9 Å². The number of hydrogen-bond acceptors (Lipinski definition) is 4. The Kier molecular flexibility index (Phi) is 6.82. The van der Waals surface area contributed by atoms with Gasteiger partial charge in [0.2, 0.25) is 0 Å². The standard InChI is InChI=1S/C16H28N2O2/c1-12(2)9-18(13(3)4)10-15(19)11-20-16-7-5-6-14(17)8-16/h5-8,12-13,15,19H,9-11,17H2,1-4H3. The summed E-state index contributed by atoms with van der Waals surface area (Å²) in [7, 11) is 0. The van der Waals surface area contributed by atoms with Crippen LogP contribution in [0.4, 0.5) is 5.69 Å². The van der Waals surface area contributed by atoms with E-state index in [2.05, 4.69) is 32.6 Å². The Bertz CT molecular complexity index is 394. The molecule has 0 aliphatic heterocycles. The fraction of sp³-hybridized carbons (Fsp3) is 0.625. The van der Waals surface area contributed by atoms with Crippen LogP contribution in [0.1, 0.15) is 27.7 Å². The zero-order chi connectivity index (χ0) is 15.1. The molecular formula is C16H28N2O2. The van der Waals surface area contributed by atoms with Gasteiger partial charge < -0.3 is 15.6 Å². The first-order valence-corrected chi connectivity index (χ1v) is 7.29. The van der Waals surface area contributed by atoms with Gasteiger partial charge in [0.1, 0.15) is 18.5 Å². The zero-order valence-corrected chi connectivity index (χ0v) is 13.0. The molecular weight excluding hydrogens is 252 g/mol. The molecule has 0 bridgehead atoms. The molecule has 1 aromatic rings. The summed E-state index contributed by atoms with van der Waals surface area (Å²) < 4.78 is 5.58. The molecule has 0 fully saturated rings. The third-order valence-corrected chi connectivity index (χ3v) is 3.08. The third-order valence-electron chi connectivity index (χ3n) is 3.08. The van der Waals surface area contributed by atoms with Crippen molar-refractivity contribution in [3.63, 3.8) is 0 Å². The first-order valence-electron chi connectivity index (χ1n) is 7.29. The second kappa shape index (κ2) is 8.12. The lowest BCUT2D eigenvalue weighted by Gasteiger charge is -2.30. The summed E-state index contributed by atoms with van der Waals surface area (Å²) in [6, 6.07) is 7.68. The largest absolute Gasteiger partial charge is 0.491 e. The number of nitrogens with zero attached hydrogens (tertiary/aromatic N) is 1. The first kappa shape index (κ1) is 16.8. The molecule has 1 unspecified atom stereocenters. The average molecular weight is 280 g/mol. The summed E-state index contributed by atoms with van der Waals surface area (Å²) in [5.74, 6) is 1.28. The number of hydrogen-bond donors (Lipinski definition) is 2. The predicted octanol–water partition coefficient (Wildman–Crippen LogP) is 2.37. The van der Waals surface area contributed by atoms with Crippen molar-refractivity contribution in [2.24, 2.45) is 5.92 Å². The summed E-state index contributed by atoms with van der Waals surface area (Å²) in [5.41, 5.74) is 6.36. The molecule has 0 radical (unpaired) electrons. The number of nitrogen functional groups attached to an aromatic ring is 1. The molecule has 3 N–H and O–H groups in total. The Morgan fingerprint density at radius 3 is 2.45 bits per heavy atom. The van der Waals surface area contributed by atoms with E-state index in [0.29, 0.717) is 29.9 Å². The maximum absolute atomic E-state index is 10.1. The number of aliphatic hydroxyl groups excluding tert-OH is 1. The fourth-order valence-corrected chi connectivity index (χ4v) is 2.09. The lowest BCUT2D eigenvalue weighted by Crippen LogP contribution is -2.41. The minimum Gasteiger partial charge on any atom is -0.491 e. The Morgan fingerprint density at radius 1 is 1.20 bits per heavy atom. The minimum absolute atomic E-state index is 0.283. The smallest absolute Gasteiger partial charge is 0.121 e. The molecule has 1 rings (SSSR count). The highest BCUT2D eigenvalue weighted by Gasteiger charge is 2.16. The molecule has 0 saturated heterocycles. The number of anilines is 1. The van der Waals surface area contributed by atoms with Crippen LogP contribution in [-0.2, 0) is 0 Å². The molecule has 0 saturated carbocycles. The van der Waals surface area contributed by atoms with Crippen molar-refractivity contribution in [3.8, 4) is 5.75 Å². The normalized spacial score (nSPS) is 13.2. The summed E-state index contributed by atoms with van der Waals surface area (Å²) in [6.07, 6.45) is -0.502. The van der Waals surface area contributed by atoms with Crippen LogP contribution in [0.25, 0.3) is 0 Å². The molecule has 4 heteroatoms. The molecule has 0 aromatic heterocycles. The van der Waals surface area contributed by atoms with Crippen LogP contribution in [0.5, 0.6) is 5.75 Å². The minimum atomic E-state index is -0.502. The second-order valence-corrected chi connectivity index (χ2v) is 5.98. The molecule has 20 heavy (non-hydrogen) atoms. The quantitative estimate of drug-likeness (QED) is 0.718. The van der Waals surface area contributed by atoms with Crippen LogP contribution < -0.4 is 10.5 Å². The molecule has 0 amide bonds. The van der Waals surface area contributed by atoms with Gasteiger partial charge in [-0.15, -0.1) is 0 Å². The molecule has 4 nitrogen and oxygen atoms in total. The average Bonchev–Trinajstić information content (AvgIpc) is 2.35. The summed E-state index contributed by atoms with van der Waals surface area (Å²) >= 11 is 0. The van der Waals surface area contributed by atoms with Gasteiger partial charge in [0.15, 0.2) is 0 Å². The van der Waals surface area contributed by atoms with Crippen molar-refractivity contribution in [2.75, 3.05) is 25.4 Å². The Labute approximate surface area is 122 Å². The molecule has 114 valence electrons. The van der Waals surface area contributed by atoms with Crippen molar-refractivity contribution in [1.82, 2.24) is 4.90 Å². The monoisotopic (exact) mass is 280 g/mol. The van der Waals surface area contributed by atoms with Gasteiger partial charge in [-0.25, -0.2) is 0 Å². The van der Waals surface area contributed by atoms with Crippen molar-refractivity contribution in [2.45, 2.75) is 39.8 Å². The van der Waals surface area contributed by atoms with E-state index in [1.807, 2.05) is 18.2 Å². The SMILES string of the molecule is CC(C)CN(CC(O)COc1cccc(N)c1)C(C)C. The number of benzene rings is 1. The predicted molar refractivity (Wildman–Crippen MR) is 83.9 cm³/mol. The van der Waals surface area contributed by atoms with E-state index in [9.17, 15) is 5.11 Å². The van der Waals surface area contributed by atoms with Gasteiger partial charge in [-0.05, 0) is 31.9 Å². The van der Waals surface area contributed by atoms with Gasteiger partial charge in [0.25, 0.3) is 0 Å². The van der Waals surface area contributed by atoms with Crippen LogP contribution in [0, 0.1) is 5.92 Å². The molecule has 1 aromatic carbocycles. The lowest BCUT2D eigenvalue weighted by molar-refractivity contribution is 0.0529. The molecule has 0 aliphatic carbocycles. The van der Waals surface area contributed by atoms with Crippen LogP contribution in [0.3, 0.4) is 0 Å². The van der Waals surface area contributed by atoms with E-state index in [0.717, 1.165) is 6.54 Å². The molecule has 0 heterocycles. The number of aliphatic hydroxyl groups is 1. The van der Waals surface area contributed by atoms with Crippen molar-refractivity contribution in [3.05, 3.63) is 24.3 Å². The van der Waals surface area contributed by atoms with Crippen molar-refractivity contribution in [1.29, 1.82) is 0 Å². The highest BCUT2D eigenvalue weighted by molar-refractivity contribution is 5.43. The Morgan fingerprint density at radius 2 is 1.90 bits per heavy atom. The van der Waals surface area contributed by atoms with Crippen molar-refractivity contribution < 1.29 is 9.84 Å². The number of nitrogens with two attached hydrogens (primary N) is 1. The summed E-state index contributed by atoms with van der Waals surface area (Å²) in [4.78, 5) is 2.28. The zero-order valence-electron chi connectivity index (χ0n) is 13.0. The van der Waals surface area contributed by atoms with Crippen LogP contribution >= 0.6 is 0 Å². The van der Waals surface area contributed by atoms with Crippen LogP contribution in [0.2, 0.25) is 0 Å². The van der Waals surface area contributed by atoms with Gasteiger partial charge >= 0.3 is 0 Å². The van der Waals surface area contributed by atoms with Crippen LogP contribution in [-0.4, -0.2) is 41.8 Å². The molecule has 0 spiro atoms. The Hall–Kier alpha value is -1.26. The first-order chi connectivity index (χ1) is 9.38. The van der Waals surface area contributed by atoms with E-state index in [1.54, 1.807) is 6.07 Å². The number of rotatable bonds is 8. The topological polar surface area (TPSA) is 58.7 Å². The van der Waals surface area contributed by atoms with E-state index in [4.69, 9.17) is 10.5 Å². The summed E-state index contributed by atoms with van der Waals surface area (Å²) in [6.45, 7) is 10.5. The number of ether oxygens (including phenoxy) is 1. The maximum Gasteiger partial charge on any atom is 0.121 e. The summed E-state index contributed by atoms with van der Waals surface area (Å²) in [5, 5.41) is 10.1. The van der Waals surface area contributed by atoms with E-state index in [-0.39, 0.29) is 6.61 Å². The highest BCUT2D eigenvalue weighted by atomic mass is 16.5. The van der Waals surface area contributed by atoms with E-state index < -0.39 is 6.10 Å². The van der Waals surface area contributed by atoms with Crippen molar-refractivity contribution >= 4 is 5.69 Å². The van der Waals surface area contributed by atoms with Gasteiger partial charge in [-0.3, -0.25) is 4.90 Å². The highest BCUT2D eigenvalue weighted by Crippen LogP contribution is 2.15. The maximum atomic E-state index is 10.1. The van der Waals surface area contributed by atoms with Crippen LogP contribution in [0.15, 0.2) is 24.3 Å². The van der Waals surface area contributed by atoms with E-state index in [1.165, 1.54) is 0 Å². The third kappa shape index (κ3) is 6.26. The van der Waals surface area contributed by atoms with Gasteiger partial charge in [0.05, 0.1) is 0 Å².